The fourth-order valence-electron chi connectivity index (χ4n) is 4.61. The van der Waals surface area contributed by atoms with Crippen molar-refractivity contribution in [1.82, 2.24) is 25.5 Å². The Balaban J connectivity index is 1.37. The molecule has 2 atom stereocenters. The van der Waals surface area contributed by atoms with E-state index in [4.69, 9.17) is 4.98 Å². The van der Waals surface area contributed by atoms with Crippen molar-refractivity contribution in [3.05, 3.63) is 65.9 Å². The van der Waals surface area contributed by atoms with Gasteiger partial charge in [-0.15, -0.1) is 5.10 Å². The van der Waals surface area contributed by atoms with Gasteiger partial charge in [0, 0.05) is 37.8 Å². The summed E-state index contributed by atoms with van der Waals surface area (Å²) in [4.78, 5) is 9.54. The Morgan fingerprint density at radius 1 is 1.12 bits per heavy atom. The van der Waals surface area contributed by atoms with Crippen molar-refractivity contribution in [1.29, 1.82) is 0 Å². The zero-order valence-corrected chi connectivity index (χ0v) is 18.3. The topological polar surface area (TPSA) is 89.4 Å². The van der Waals surface area contributed by atoms with Crippen LogP contribution in [0.3, 0.4) is 0 Å². The molecule has 3 aromatic rings. The van der Waals surface area contributed by atoms with Crippen LogP contribution in [0, 0.1) is 0 Å². The molecule has 1 aromatic heterocycles. The number of aromatic nitrogens is 3. The number of benzene rings is 2. The largest absolute Gasteiger partial charge is 0.395 e. The third kappa shape index (κ3) is 4.29. The fourth-order valence-corrected chi connectivity index (χ4v) is 4.61. The molecule has 32 heavy (non-hydrogen) atoms. The van der Waals surface area contributed by atoms with Crippen LogP contribution in [0.4, 0.5) is 11.5 Å². The minimum Gasteiger partial charge on any atom is -0.395 e. The predicted octanol–water partition coefficient (Wildman–Crippen LogP) is 2.26. The standard InChI is InChI=1S/C24H29N7O/c1-17-21-14-19(7-8-22(21)28-27-17)24-26-23(15-25-29-24)31-10-9-30(11-12-32)20(16-31)13-18-5-3-2-4-6-18/h2-8,14-15,17,20,27-28,32H,9-13,16H2,1H3/t17?,20-/m0/s1. The van der Waals surface area contributed by atoms with E-state index in [1.54, 1.807) is 6.20 Å². The number of hydrazine groups is 1. The molecule has 8 heteroatoms. The van der Waals surface area contributed by atoms with E-state index in [0.717, 1.165) is 43.1 Å². The summed E-state index contributed by atoms with van der Waals surface area (Å²) in [5, 5.41) is 18.1. The van der Waals surface area contributed by atoms with Crippen LogP contribution in [0.1, 0.15) is 24.1 Å². The van der Waals surface area contributed by atoms with Crippen LogP contribution >= 0.6 is 0 Å². The predicted molar refractivity (Wildman–Crippen MR) is 125 cm³/mol. The number of hydrogen-bond acceptors (Lipinski definition) is 8. The van der Waals surface area contributed by atoms with Gasteiger partial charge in [-0.1, -0.05) is 30.3 Å². The summed E-state index contributed by atoms with van der Waals surface area (Å²) in [5.74, 6) is 1.49. The second-order valence-corrected chi connectivity index (χ2v) is 8.48. The lowest BCUT2D eigenvalue weighted by molar-refractivity contribution is 0.136. The smallest absolute Gasteiger partial charge is 0.183 e. The van der Waals surface area contributed by atoms with Gasteiger partial charge < -0.3 is 15.4 Å². The maximum absolute atomic E-state index is 9.54. The molecule has 1 unspecified atom stereocenters. The van der Waals surface area contributed by atoms with Gasteiger partial charge >= 0.3 is 0 Å². The highest BCUT2D eigenvalue weighted by molar-refractivity contribution is 5.66. The van der Waals surface area contributed by atoms with Gasteiger partial charge in [0.1, 0.15) is 0 Å². The molecule has 8 nitrogen and oxygen atoms in total. The molecular weight excluding hydrogens is 402 g/mol. The molecule has 166 valence electrons. The number of rotatable bonds is 6. The second-order valence-electron chi connectivity index (χ2n) is 8.48. The summed E-state index contributed by atoms with van der Waals surface area (Å²) in [7, 11) is 0. The third-order valence-corrected chi connectivity index (χ3v) is 6.38. The molecule has 3 N–H and O–H groups in total. The van der Waals surface area contributed by atoms with Gasteiger partial charge in [0.05, 0.1) is 24.5 Å². The van der Waals surface area contributed by atoms with E-state index in [1.807, 2.05) is 12.1 Å². The molecule has 0 aliphatic carbocycles. The number of nitrogens with zero attached hydrogens (tertiary/aromatic N) is 5. The van der Waals surface area contributed by atoms with Gasteiger partial charge in [-0.25, -0.2) is 10.4 Å². The van der Waals surface area contributed by atoms with Crippen LogP contribution in [-0.2, 0) is 6.42 Å². The molecule has 0 bridgehead atoms. The molecule has 3 heterocycles. The van der Waals surface area contributed by atoms with Crippen molar-refractivity contribution in [2.24, 2.45) is 0 Å². The minimum atomic E-state index is 0.172. The lowest BCUT2D eigenvalue weighted by Crippen LogP contribution is -2.55. The maximum Gasteiger partial charge on any atom is 0.183 e. The zero-order valence-electron chi connectivity index (χ0n) is 18.3. The van der Waals surface area contributed by atoms with Crippen LogP contribution < -0.4 is 15.8 Å². The van der Waals surface area contributed by atoms with Gasteiger partial charge in [0.15, 0.2) is 11.6 Å². The second kappa shape index (κ2) is 9.20. The van der Waals surface area contributed by atoms with Gasteiger partial charge in [-0.05, 0) is 42.7 Å². The average Bonchev–Trinajstić information content (AvgIpc) is 3.21. The molecule has 1 saturated heterocycles. The summed E-state index contributed by atoms with van der Waals surface area (Å²) in [6, 6.07) is 17.3. The summed E-state index contributed by atoms with van der Waals surface area (Å²) < 4.78 is 0. The van der Waals surface area contributed by atoms with Crippen molar-refractivity contribution < 1.29 is 5.11 Å². The Labute approximate surface area is 188 Å². The van der Waals surface area contributed by atoms with E-state index in [1.165, 1.54) is 11.1 Å². The summed E-state index contributed by atoms with van der Waals surface area (Å²) in [6.07, 6.45) is 2.69. The fraction of sp³-hybridized carbons (Fsp3) is 0.375. The Morgan fingerprint density at radius 3 is 2.84 bits per heavy atom. The first-order chi connectivity index (χ1) is 15.7. The first-order valence-corrected chi connectivity index (χ1v) is 11.2. The van der Waals surface area contributed by atoms with Crippen LogP contribution in [0.5, 0.6) is 0 Å². The first kappa shape index (κ1) is 20.8. The molecule has 2 aromatic carbocycles. The van der Waals surface area contributed by atoms with E-state index in [0.29, 0.717) is 18.4 Å². The number of nitrogens with one attached hydrogen (secondary N) is 2. The van der Waals surface area contributed by atoms with Gasteiger partial charge in [0.2, 0.25) is 0 Å². The van der Waals surface area contributed by atoms with Crippen molar-refractivity contribution >= 4 is 11.5 Å². The molecule has 2 aliphatic heterocycles. The number of fused-ring (bicyclic) bond motifs is 1. The Kier molecular flexibility index (Phi) is 5.98. The van der Waals surface area contributed by atoms with Crippen molar-refractivity contribution in [2.45, 2.75) is 25.4 Å². The summed E-state index contributed by atoms with van der Waals surface area (Å²) >= 11 is 0. The molecule has 1 fully saturated rings. The lowest BCUT2D eigenvalue weighted by atomic mass is 10.0. The zero-order chi connectivity index (χ0) is 21.9. The molecule has 0 amide bonds. The quantitative estimate of drug-likeness (QED) is 0.548. The third-order valence-electron chi connectivity index (χ3n) is 6.38. The highest BCUT2D eigenvalue weighted by Gasteiger charge is 2.28. The SMILES string of the molecule is CC1NNc2ccc(-c3nncc(N4CCN(CCO)[C@@H](Cc5ccccc5)C4)n3)cc21. The van der Waals surface area contributed by atoms with E-state index in [2.05, 4.69) is 74.2 Å². The number of β-amino-alcohol motifs (C(OH)–C–C–N with tert-alkyl or cyclic N) is 1. The molecular formula is C24H29N7O. The number of hydrogen-bond donors (Lipinski definition) is 3. The summed E-state index contributed by atoms with van der Waals surface area (Å²) in [6.45, 7) is 5.54. The van der Waals surface area contributed by atoms with Gasteiger partial charge in [-0.2, -0.15) is 5.10 Å². The first-order valence-electron chi connectivity index (χ1n) is 11.2. The van der Waals surface area contributed by atoms with Crippen LogP contribution in [0.15, 0.2) is 54.7 Å². The number of aliphatic hydroxyl groups is 1. The Morgan fingerprint density at radius 2 is 2.00 bits per heavy atom. The van der Waals surface area contributed by atoms with E-state index in [-0.39, 0.29) is 12.6 Å². The summed E-state index contributed by atoms with van der Waals surface area (Å²) in [5.41, 5.74) is 11.0. The Hall–Kier alpha value is -3.07. The van der Waals surface area contributed by atoms with E-state index in [9.17, 15) is 5.11 Å². The van der Waals surface area contributed by atoms with Crippen LogP contribution in [0.2, 0.25) is 0 Å². The number of piperazine rings is 1. The molecule has 5 rings (SSSR count). The molecule has 0 spiro atoms. The van der Waals surface area contributed by atoms with Crippen molar-refractivity contribution in [2.75, 3.05) is 43.1 Å². The van der Waals surface area contributed by atoms with E-state index >= 15 is 0 Å². The van der Waals surface area contributed by atoms with Crippen molar-refractivity contribution in [3.8, 4) is 11.4 Å². The minimum absolute atomic E-state index is 0.172. The normalized spacial score (nSPS) is 20.8. The van der Waals surface area contributed by atoms with Crippen LogP contribution in [0.25, 0.3) is 11.4 Å². The van der Waals surface area contributed by atoms with Crippen LogP contribution in [-0.4, -0.2) is 64.0 Å². The average molecular weight is 432 g/mol. The van der Waals surface area contributed by atoms with Gasteiger partial charge in [0.25, 0.3) is 0 Å². The number of anilines is 2. The van der Waals surface area contributed by atoms with E-state index < -0.39 is 0 Å². The molecule has 0 saturated carbocycles. The number of aliphatic hydroxyl groups excluding tert-OH is 1. The van der Waals surface area contributed by atoms with Crippen molar-refractivity contribution in [3.63, 3.8) is 0 Å². The highest BCUT2D eigenvalue weighted by atomic mass is 16.3. The highest BCUT2D eigenvalue weighted by Crippen LogP contribution is 2.31. The Bertz CT molecular complexity index is 1060. The van der Waals surface area contributed by atoms with Gasteiger partial charge in [-0.3, -0.25) is 4.90 Å². The molecule has 0 radical (unpaired) electrons. The monoisotopic (exact) mass is 431 g/mol. The molecule has 2 aliphatic rings. The maximum atomic E-state index is 9.54. The lowest BCUT2D eigenvalue weighted by Gasteiger charge is -2.41.